The molecule has 0 saturated heterocycles. The maximum absolute atomic E-state index is 10.9. The third-order valence-corrected chi connectivity index (χ3v) is 5.16. The molecule has 5 heteroatoms. The number of carboxylic acid groups (broad SMARTS) is 1. The van der Waals surface area contributed by atoms with Gasteiger partial charge >= 0.3 is 5.97 Å². The van der Waals surface area contributed by atoms with Crippen LogP contribution in [0.3, 0.4) is 0 Å². The molecule has 1 atom stereocenters. The number of carboxylic acids is 1. The lowest BCUT2D eigenvalue weighted by molar-refractivity contribution is -0.143. The summed E-state index contributed by atoms with van der Waals surface area (Å²) in [6.45, 7) is 7.28. The fourth-order valence-electron chi connectivity index (χ4n) is 3.00. The van der Waals surface area contributed by atoms with E-state index >= 15 is 0 Å². The molecule has 0 amide bonds. The number of nitrogens with zero attached hydrogens (tertiary/aromatic N) is 1. The van der Waals surface area contributed by atoms with E-state index < -0.39 is 5.97 Å². The molecule has 1 heterocycles. The zero-order chi connectivity index (χ0) is 14.7. The van der Waals surface area contributed by atoms with Gasteiger partial charge in [0, 0.05) is 10.9 Å². The van der Waals surface area contributed by atoms with E-state index in [1.165, 1.54) is 4.88 Å². The summed E-state index contributed by atoms with van der Waals surface area (Å²) in [6.07, 6.45) is 3.69. The second-order valence-electron chi connectivity index (χ2n) is 5.86. The summed E-state index contributed by atoms with van der Waals surface area (Å²) in [7, 11) is 0. The van der Waals surface area contributed by atoms with Crippen molar-refractivity contribution in [1.82, 2.24) is 10.3 Å². The van der Waals surface area contributed by atoms with E-state index in [1.54, 1.807) is 11.3 Å². The van der Waals surface area contributed by atoms with Crippen molar-refractivity contribution in [3.05, 3.63) is 15.6 Å². The van der Waals surface area contributed by atoms with E-state index in [0.29, 0.717) is 5.92 Å². The largest absolute Gasteiger partial charge is 0.481 e. The van der Waals surface area contributed by atoms with E-state index in [-0.39, 0.29) is 12.0 Å². The lowest BCUT2D eigenvalue weighted by atomic mass is 9.82. The Bertz CT molecular complexity index is 464. The van der Waals surface area contributed by atoms with Crippen LogP contribution in [0.1, 0.15) is 54.2 Å². The summed E-state index contributed by atoms with van der Waals surface area (Å²) in [5.74, 6) is -0.140. The zero-order valence-corrected chi connectivity index (χ0v) is 13.3. The number of aliphatic carboxylic acids is 1. The SMILES string of the molecule is Cc1nc(C(C)NCC2CCC(C(=O)O)CC2)c(C)s1. The molecule has 2 rings (SSSR count). The number of aryl methyl sites for hydroxylation is 2. The van der Waals surface area contributed by atoms with Crippen LogP contribution in [0, 0.1) is 25.7 Å². The van der Waals surface area contributed by atoms with Crippen LogP contribution >= 0.6 is 11.3 Å². The van der Waals surface area contributed by atoms with Gasteiger partial charge in [-0.1, -0.05) is 0 Å². The molecule has 0 bridgehead atoms. The summed E-state index contributed by atoms with van der Waals surface area (Å²) in [5, 5.41) is 13.7. The molecule has 2 N–H and O–H groups in total. The van der Waals surface area contributed by atoms with E-state index in [9.17, 15) is 4.79 Å². The molecule has 1 aliphatic rings. The number of hydrogen-bond acceptors (Lipinski definition) is 4. The molecule has 4 nitrogen and oxygen atoms in total. The van der Waals surface area contributed by atoms with Crippen molar-refractivity contribution in [2.24, 2.45) is 11.8 Å². The van der Waals surface area contributed by atoms with Crippen molar-refractivity contribution in [3.8, 4) is 0 Å². The number of carbonyl (C=O) groups is 1. The Morgan fingerprint density at radius 1 is 1.40 bits per heavy atom. The Labute approximate surface area is 124 Å². The molecule has 1 saturated carbocycles. The Kier molecular flexibility index (Phi) is 5.16. The molecule has 0 aromatic carbocycles. The average Bonchev–Trinajstić information content (AvgIpc) is 2.75. The van der Waals surface area contributed by atoms with Crippen LogP contribution in [0.4, 0.5) is 0 Å². The first-order chi connectivity index (χ1) is 9.47. The lowest BCUT2D eigenvalue weighted by Gasteiger charge is -2.27. The molecule has 1 aromatic rings. The van der Waals surface area contributed by atoms with Gasteiger partial charge < -0.3 is 10.4 Å². The van der Waals surface area contributed by atoms with Gasteiger partial charge in [0.15, 0.2) is 0 Å². The number of rotatable bonds is 5. The van der Waals surface area contributed by atoms with E-state index in [1.807, 2.05) is 6.92 Å². The fraction of sp³-hybridized carbons (Fsp3) is 0.733. The third kappa shape index (κ3) is 3.79. The van der Waals surface area contributed by atoms with Crippen molar-refractivity contribution in [3.63, 3.8) is 0 Å². The number of hydrogen-bond donors (Lipinski definition) is 2. The first-order valence-corrected chi connectivity index (χ1v) is 8.19. The van der Waals surface area contributed by atoms with E-state index in [4.69, 9.17) is 5.11 Å². The molecule has 1 fully saturated rings. The van der Waals surface area contributed by atoms with Gasteiger partial charge in [-0.15, -0.1) is 11.3 Å². The smallest absolute Gasteiger partial charge is 0.306 e. The highest BCUT2D eigenvalue weighted by Crippen LogP contribution is 2.29. The van der Waals surface area contributed by atoms with Crippen molar-refractivity contribution >= 4 is 17.3 Å². The highest BCUT2D eigenvalue weighted by Gasteiger charge is 2.26. The molecule has 1 unspecified atom stereocenters. The van der Waals surface area contributed by atoms with Gasteiger partial charge in [0.25, 0.3) is 0 Å². The van der Waals surface area contributed by atoms with Gasteiger partial charge in [0.1, 0.15) is 0 Å². The standard InChI is InChI=1S/C15H24N2O2S/c1-9(14-10(2)20-11(3)17-14)16-8-12-4-6-13(7-5-12)15(18)19/h9,12-13,16H,4-8H2,1-3H3,(H,18,19). The fourth-order valence-corrected chi connectivity index (χ4v) is 3.91. The maximum atomic E-state index is 10.9. The Hall–Kier alpha value is -0.940. The summed E-state index contributed by atoms with van der Waals surface area (Å²) >= 11 is 1.75. The molecule has 0 spiro atoms. The predicted molar refractivity (Wildman–Crippen MR) is 81.1 cm³/mol. The molecule has 0 aliphatic heterocycles. The monoisotopic (exact) mass is 296 g/mol. The number of nitrogens with one attached hydrogen (secondary N) is 1. The highest BCUT2D eigenvalue weighted by atomic mass is 32.1. The average molecular weight is 296 g/mol. The molecular weight excluding hydrogens is 272 g/mol. The summed E-state index contributed by atoms with van der Waals surface area (Å²) in [5.41, 5.74) is 1.16. The minimum absolute atomic E-state index is 0.118. The van der Waals surface area contributed by atoms with Crippen molar-refractivity contribution < 1.29 is 9.90 Å². The molecular formula is C15H24N2O2S. The third-order valence-electron chi connectivity index (χ3n) is 4.26. The minimum Gasteiger partial charge on any atom is -0.481 e. The number of thiazole rings is 1. The van der Waals surface area contributed by atoms with Crippen LogP contribution in [0.2, 0.25) is 0 Å². The van der Waals surface area contributed by atoms with Gasteiger partial charge in [0.05, 0.1) is 16.6 Å². The quantitative estimate of drug-likeness (QED) is 0.875. The van der Waals surface area contributed by atoms with Crippen LogP contribution in [0.5, 0.6) is 0 Å². The van der Waals surface area contributed by atoms with Crippen LogP contribution in [-0.2, 0) is 4.79 Å². The summed E-state index contributed by atoms with van der Waals surface area (Å²) in [4.78, 5) is 16.8. The van der Waals surface area contributed by atoms with Gasteiger partial charge in [-0.25, -0.2) is 4.98 Å². The Morgan fingerprint density at radius 2 is 2.05 bits per heavy atom. The molecule has 1 aliphatic carbocycles. The van der Waals surface area contributed by atoms with Crippen LogP contribution < -0.4 is 5.32 Å². The van der Waals surface area contributed by atoms with Crippen molar-refractivity contribution in [2.45, 2.75) is 52.5 Å². The zero-order valence-electron chi connectivity index (χ0n) is 12.5. The normalized spacial score (nSPS) is 24.6. The van der Waals surface area contributed by atoms with Crippen LogP contribution in [0.25, 0.3) is 0 Å². The summed E-state index contributed by atoms with van der Waals surface area (Å²) < 4.78 is 0. The molecule has 112 valence electrons. The van der Waals surface area contributed by atoms with Gasteiger partial charge in [0.2, 0.25) is 0 Å². The number of aromatic nitrogens is 1. The van der Waals surface area contributed by atoms with E-state index in [2.05, 4.69) is 24.1 Å². The van der Waals surface area contributed by atoms with Crippen molar-refractivity contribution in [2.75, 3.05) is 6.54 Å². The van der Waals surface area contributed by atoms with Crippen LogP contribution in [-0.4, -0.2) is 22.6 Å². The molecule has 20 heavy (non-hydrogen) atoms. The first-order valence-electron chi connectivity index (χ1n) is 7.37. The van der Waals surface area contributed by atoms with Crippen molar-refractivity contribution in [1.29, 1.82) is 0 Å². The van der Waals surface area contributed by atoms with Crippen LogP contribution in [0.15, 0.2) is 0 Å². The highest BCUT2D eigenvalue weighted by molar-refractivity contribution is 7.11. The first kappa shape index (κ1) is 15.4. The predicted octanol–water partition coefficient (Wildman–Crippen LogP) is 3.30. The Balaban J connectivity index is 1.79. The van der Waals surface area contributed by atoms with Gasteiger partial charge in [-0.05, 0) is 58.9 Å². The second kappa shape index (κ2) is 6.68. The molecule has 0 radical (unpaired) electrons. The molecule has 1 aromatic heterocycles. The lowest BCUT2D eigenvalue weighted by Crippen LogP contribution is -2.30. The van der Waals surface area contributed by atoms with E-state index in [0.717, 1.165) is 42.9 Å². The summed E-state index contributed by atoms with van der Waals surface area (Å²) in [6, 6.07) is 0.275. The Morgan fingerprint density at radius 3 is 2.55 bits per heavy atom. The van der Waals surface area contributed by atoms with Gasteiger partial charge in [-0.2, -0.15) is 0 Å². The maximum Gasteiger partial charge on any atom is 0.306 e. The minimum atomic E-state index is -0.627. The second-order valence-corrected chi connectivity index (χ2v) is 7.27. The van der Waals surface area contributed by atoms with Gasteiger partial charge in [-0.3, -0.25) is 4.79 Å². The topological polar surface area (TPSA) is 62.2 Å².